The molecular formula is C14H13N3O. The standard InChI is InChI=1S/C14H13N3O/c15-17-16-14(13-9-5-2-6-10-13)18-11-12-7-3-1-4-8-12/h1-10,14H,11H2/i14D. The Morgan fingerprint density at radius 2 is 1.72 bits per heavy atom. The average Bonchev–Trinajstić information content (AvgIpc) is 2.48. The molecule has 90 valence electrons. The van der Waals surface area contributed by atoms with E-state index in [0.29, 0.717) is 5.56 Å². The Morgan fingerprint density at radius 3 is 2.33 bits per heavy atom. The molecule has 0 heterocycles. The summed E-state index contributed by atoms with van der Waals surface area (Å²) in [5, 5.41) is 3.47. The Kier molecular flexibility index (Phi) is 3.88. The summed E-state index contributed by atoms with van der Waals surface area (Å²) < 4.78 is 13.7. The number of azide groups is 1. The smallest absolute Gasteiger partial charge is 0.162 e. The van der Waals surface area contributed by atoms with Crippen molar-refractivity contribution in [1.82, 2.24) is 0 Å². The lowest BCUT2D eigenvalue weighted by molar-refractivity contribution is 0.0444. The first-order valence-corrected chi connectivity index (χ1v) is 5.54. The van der Waals surface area contributed by atoms with Gasteiger partial charge in [-0.2, -0.15) is 0 Å². The lowest BCUT2D eigenvalue weighted by atomic mass is 10.2. The van der Waals surface area contributed by atoms with Crippen LogP contribution in [0.25, 0.3) is 10.4 Å². The Hall–Kier alpha value is -2.29. The molecule has 0 aliphatic rings. The molecule has 0 N–H and O–H groups in total. The van der Waals surface area contributed by atoms with Gasteiger partial charge in [-0.25, -0.2) is 0 Å². The summed E-state index contributed by atoms with van der Waals surface area (Å²) in [7, 11) is 0. The highest BCUT2D eigenvalue weighted by Crippen LogP contribution is 2.20. The maximum absolute atomic E-state index is 8.62. The SMILES string of the molecule is [2H]C(N=[N+]=[N-])(OCc1ccccc1)c1ccccc1. The van der Waals surface area contributed by atoms with Gasteiger partial charge < -0.3 is 4.74 Å². The van der Waals surface area contributed by atoms with Crippen LogP contribution in [0.4, 0.5) is 0 Å². The van der Waals surface area contributed by atoms with Crippen LogP contribution in [0.3, 0.4) is 0 Å². The van der Waals surface area contributed by atoms with Gasteiger partial charge >= 0.3 is 0 Å². The Bertz CT molecular complexity index is 570. The molecule has 0 aliphatic heterocycles. The minimum Gasteiger partial charge on any atom is -0.363 e. The van der Waals surface area contributed by atoms with Crippen LogP contribution >= 0.6 is 0 Å². The summed E-state index contributed by atoms with van der Waals surface area (Å²) >= 11 is 0. The highest BCUT2D eigenvalue weighted by atomic mass is 16.5. The fraction of sp³-hybridized carbons (Fsp3) is 0.143. The van der Waals surface area contributed by atoms with E-state index in [9.17, 15) is 0 Å². The van der Waals surface area contributed by atoms with E-state index in [4.69, 9.17) is 11.6 Å². The van der Waals surface area contributed by atoms with E-state index < -0.39 is 6.20 Å². The van der Waals surface area contributed by atoms with E-state index in [-0.39, 0.29) is 6.61 Å². The van der Waals surface area contributed by atoms with Gasteiger partial charge in [0, 0.05) is 4.91 Å². The first-order chi connectivity index (χ1) is 9.24. The van der Waals surface area contributed by atoms with Gasteiger partial charge in [-0.3, -0.25) is 0 Å². The minimum absolute atomic E-state index is 0.207. The summed E-state index contributed by atoms with van der Waals surface area (Å²) in [6, 6.07) is 18.2. The van der Waals surface area contributed by atoms with Crippen molar-refractivity contribution in [2.75, 3.05) is 0 Å². The summed E-state index contributed by atoms with van der Waals surface area (Å²) in [5.74, 6) is 0. The zero-order chi connectivity index (χ0) is 13.6. The zero-order valence-corrected chi connectivity index (χ0v) is 9.73. The van der Waals surface area contributed by atoms with Crippen LogP contribution in [0, 0.1) is 0 Å². The number of nitrogens with zero attached hydrogens (tertiary/aromatic N) is 3. The molecule has 18 heavy (non-hydrogen) atoms. The number of hydrogen-bond donors (Lipinski definition) is 0. The van der Waals surface area contributed by atoms with Gasteiger partial charge in [0.1, 0.15) is 0 Å². The van der Waals surface area contributed by atoms with E-state index in [1.165, 1.54) is 0 Å². The lowest BCUT2D eigenvalue weighted by Crippen LogP contribution is -2.01. The first-order valence-electron chi connectivity index (χ1n) is 6.04. The third-order valence-corrected chi connectivity index (χ3v) is 2.37. The number of ether oxygens (including phenoxy) is 1. The van der Waals surface area contributed by atoms with Crippen molar-refractivity contribution in [2.24, 2.45) is 5.11 Å². The van der Waals surface area contributed by atoms with Crippen LogP contribution in [0.15, 0.2) is 65.8 Å². The molecule has 0 saturated heterocycles. The zero-order valence-electron chi connectivity index (χ0n) is 10.7. The molecular weight excluding hydrogens is 226 g/mol. The summed E-state index contributed by atoms with van der Waals surface area (Å²) in [4.78, 5) is 2.71. The maximum Gasteiger partial charge on any atom is 0.162 e. The molecule has 1 unspecified atom stereocenters. The molecule has 0 radical (unpaired) electrons. The van der Waals surface area contributed by atoms with Gasteiger partial charge in [0.15, 0.2) is 6.20 Å². The first kappa shape index (κ1) is 10.8. The Balaban J connectivity index is 2.19. The third-order valence-electron chi connectivity index (χ3n) is 2.37. The topological polar surface area (TPSA) is 58.0 Å². The molecule has 1 atom stereocenters. The van der Waals surface area contributed by atoms with E-state index >= 15 is 0 Å². The van der Waals surface area contributed by atoms with Crippen molar-refractivity contribution < 1.29 is 6.11 Å². The molecule has 0 fully saturated rings. The summed E-state index contributed by atoms with van der Waals surface area (Å²) in [6.45, 7) is 0.207. The maximum atomic E-state index is 8.62. The summed E-state index contributed by atoms with van der Waals surface area (Å²) in [5.41, 5.74) is 10.0. The third kappa shape index (κ3) is 3.35. The molecule has 0 amide bonds. The van der Waals surface area contributed by atoms with Crippen molar-refractivity contribution in [3.63, 3.8) is 0 Å². The molecule has 4 nitrogen and oxygen atoms in total. The van der Waals surface area contributed by atoms with Crippen molar-refractivity contribution in [2.45, 2.75) is 12.8 Å². The van der Waals surface area contributed by atoms with Crippen molar-refractivity contribution in [3.05, 3.63) is 82.2 Å². The second-order valence-corrected chi connectivity index (χ2v) is 3.63. The van der Waals surface area contributed by atoms with E-state index in [1.54, 1.807) is 24.3 Å². The normalized spacial score (nSPS) is 14.1. The van der Waals surface area contributed by atoms with E-state index in [1.807, 2.05) is 36.4 Å². The predicted octanol–water partition coefficient (Wildman–Crippen LogP) is 4.21. The van der Waals surface area contributed by atoms with Crippen LogP contribution in [0.5, 0.6) is 0 Å². The quantitative estimate of drug-likeness (QED) is 0.438. The lowest BCUT2D eigenvalue weighted by Gasteiger charge is -2.12. The van der Waals surface area contributed by atoms with Crippen molar-refractivity contribution in [1.29, 1.82) is 0 Å². The van der Waals surface area contributed by atoms with Gasteiger partial charge in [-0.1, -0.05) is 65.8 Å². The highest BCUT2D eigenvalue weighted by Gasteiger charge is 2.09. The highest BCUT2D eigenvalue weighted by molar-refractivity contribution is 5.18. The molecule has 2 aromatic carbocycles. The van der Waals surface area contributed by atoms with Crippen molar-refractivity contribution in [3.8, 4) is 0 Å². The van der Waals surface area contributed by atoms with Gasteiger partial charge in [0.2, 0.25) is 0 Å². The second-order valence-electron chi connectivity index (χ2n) is 3.63. The van der Waals surface area contributed by atoms with E-state index in [2.05, 4.69) is 10.0 Å². The van der Waals surface area contributed by atoms with Gasteiger partial charge in [0.25, 0.3) is 0 Å². The minimum atomic E-state index is -1.74. The van der Waals surface area contributed by atoms with Crippen LogP contribution in [-0.2, 0) is 11.3 Å². The summed E-state index contributed by atoms with van der Waals surface area (Å²) in [6.07, 6.45) is -1.74. The van der Waals surface area contributed by atoms with Crippen LogP contribution < -0.4 is 0 Å². The average molecular weight is 240 g/mol. The fourth-order valence-electron chi connectivity index (χ4n) is 1.52. The predicted molar refractivity (Wildman–Crippen MR) is 69.6 cm³/mol. The van der Waals surface area contributed by atoms with Crippen molar-refractivity contribution >= 4 is 0 Å². The Morgan fingerprint density at radius 1 is 1.11 bits per heavy atom. The van der Waals surface area contributed by atoms with Gasteiger partial charge in [-0.15, -0.1) is 0 Å². The fourth-order valence-corrected chi connectivity index (χ4v) is 1.52. The largest absolute Gasteiger partial charge is 0.363 e. The molecule has 4 heteroatoms. The molecule has 2 rings (SSSR count). The second kappa shape index (κ2) is 6.45. The number of benzene rings is 2. The van der Waals surface area contributed by atoms with E-state index in [0.717, 1.165) is 5.56 Å². The van der Waals surface area contributed by atoms with Gasteiger partial charge in [-0.05, 0) is 16.7 Å². The molecule has 0 aliphatic carbocycles. The molecule has 0 aromatic heterocycles. The molecule has 0 spiro atoms. The number of rotatable bonds is 5. The number of hydrogen-bond acceptors (Lipinski definition) is 2. The monoisotopic (exact) mass is 240 g/mol. The van der Waals surface area contributed by atoms with Gasteiger partial charge in [0.05, 0.1) is 7.98 Å². The molecule has 2 aromatic rings. The van der Waals surface area contributed by atoms with Crippen LogP contribution in [0.2, 0.25) is 0 Å². The Labute approximate surface area is 107 Å². The molecule has 0 bridgehead atoms. The van der Waals surface area contributed by atoms with Crippen LogP contribution in [0.1, 0.15) is 18.7 Å². The van der Waals surface area contributed by atoms with Crippen LogP contribution in [-0.4, -0.2) is 0 Å². The molecule has 0 saturated carbocycles.